The van der Waals surface area contributed by atoms with Crippen molar-refractivity contribution < 1.29 is 9.90 Å². The SMILES string of the molecule is O=C(N1CCCC1)N1CCCC(O)c2ccccc21. The van der Waals surface area contributed by atoms with Crippen molar-refractivity contribution in [3.05, 3.63) is 29.8 Å². The summed E-state index contributed by atoms with van der Waals surface area (Å²) in [5.41, 5.74) is 1.76. The molecule has 2 aliphatic heterocycles. The molecule has 102 valence electrons. The third-order valence-corrected chi connectivity index (χ3v) is 4.05. The van der Waals surface area contributed by atoms with E-state index >= 15 is 0 Å². The summed E-state index contributed by atoms with van der Waals surface area (Å²) < 4.78 is 0. The van der Waals surface area contributed by atoms with Crippen molar-refractivity contribution >= 4 is 11.7 Å². The molecule has 4 heteroatoms. The molecule has 2 amide bonds. The van der Waals surface area contributed by atoms with Crippen LogP contribution in [0.4, 0.5) is 10.5 Å². The molecule has 1 atom stereocenters. The van der Waals surface area contributed by atoms with Gasteiger partial charge in [-0.05, 0) is 31.7 Å². The number of para-hydroxylation sites is 1. The van der Waals surface area contributed by atoms with Crippen molar-refractivity contribution in [1.82, 2.24) is 4.90 Å². The lowest BCUT2D eigenvalue weighted by Gasteiger charge is -2.28. The Morgan fingerprint density at radius 3 is 2.63 bits per heavy atom. The Bertz CT molecular complexity index is 469. The molecule has 2 heterocycles. The van der Waals surface area contributed by atoms with Gasteiger partial charge >= 0.3 is 6.03 Å². The van der Waals surface area contributed by atoms with Crippen LogP contribution in [0.15, 0.2) is 24.3 Å². The zero-order chi connectivity index (χ0) is 13.2. The Kier molecular flexibility index (Phi) is 3.42. The molecule has 1 aromatic carbocycles. The van der Waals surface area contributed by atoms with Crippen molar-refractivity contribution in [1.29, 1.82) is 0 Å². The van der Waals surface area contributed by atoms with E-state index in [0.29, 0.717) is 6.54 Å². The Morgan fingerprint density at radius 2 is 1.84 bits per heavy atom. The average Bonchev–Trinajstić information content (AvgIpc) is 2.91. The quantitative estimate of drug-likeness (QED) is 0.779. The number of fused-ring (bicyclic) bond motifs is 1. The molecule has 4 nitrogen and oxygen atoms in total. The zero-order valence-electron chi connectivity index (χ0n) is 11.1. The van der Waals surface area contributed by atoms with E-state index in [0.717, 1.165) is 50.0 Å². The molecule has 1 unspecified atom stereocenters. The van der Waals surface area contributed by atoms with Crippen LogP contribution in [0.5, 0.6) is 0 Å². The average molecular weight is 260 g/mol. The molecule has 3 rings (SSSR count). The van der Waals surface area contributed by atoms with E-state index < -0.39 is 6.10 Å². The van der Waals surface area contributed by atoms with E-state index in [9.17, 15) is 9.90 Å². The van der Waals surface area contributed by atoms with Gasteiger partial charge in [-0.1, -0.05) is 18.2 Å². The van der Waals surface area contributed by atoms with Gasteiger partial charge in [0.05, 0.1) is 11.8 Å². The second-order valence-electron chi connectivity index (χ2n) is 5.35. The topological polar surface area (TPSA) is 43.8 Å². The number of benzene rings is 1. The number of carbonyl (C=O) groups excluding carboxylic acids is 1. The number of likely N-dealkylation sites (tertiary alicyclic amines) is 1. The van der Waals surface area contributed by atoms with Crippen LogP contribution >= 0.6 is 0 Å². The minimum atomic E-state index is -0.451. The highest BCUT2D eigenvalue weighted by Crippen LogP contribution is 2.33. The van der Waals surface area contributed by atoms with E-state index in [1.807, 2.05) is 34.1 Å². The predicted octanol–water partition coefficient (Wildman–Crippen LogP) is 2.54. The van der Waals surface area contributed by atoms with Crippen LogP contribution in [-0.4, -0.2) is 35.7 Å². The molecule has 0 spiro atoms. The van der Waals surface area contributed by atoms with Gasteiger partial charge in [0.2, 0.25) is 0 Å². The molecule has 1 N–H and O–H groups in total. The van der Waals surface area contributed by atoms with Crippen LogP contribution in [0.25, 0.3) is 0 Å². The molecule has 1 aromatic rings. The Morgan fingerprint density at radius 1 is 1.11 bits per heavy atom. The smallest absolute Gasteiger partial charge is 0.324 e. The maximum absolute atomic E-state index is 12.6. The summed E-state index contributed by atoms with van der Waals surface area (Å²) in [5.74, 6) is 0. The number of hydrogen-bond donors (Lipinski definition) is 1. The van der Waals surface area contributed by atoms with E-state index in [1.54, 1.807) is 0 Å². The van der Waals surface area contributed by atoms with Gasteiger partial charge in [0.25, 0.3) is 0 Å². The third-order valence-electron chi connectivity index (χ3n) is 4.05. The van der Waals surface area contributed by atoms with Crippen molar-refractivity contribution in [2.45, 2.75) is 31.8 Å². The highest BCUT2D eigenvalue weighted by molar-refractivity contribution is 5.93. The van der Waals surface area contributed by atoms with Gasteiger partial charge in [-0.25, -0.2) is 4.79 Å². The van der Waals surface area contributed by atoms with Gasteiger partial charge in [0.1, 0.15) is 0 Å². The number of aliphatic hydroxyl groups excluding tert-OH is 1. The summed E-state index contributed by atoms with van der Waals surface area (Å²) in [6, 6.07) is 7.82. The van der Waals surface area contributed by atoms with Crippen molar-refractivity contribution in [2.75, 3.05) is 24.5 Å². The monoisotopic (exact) mass is 260 g/mol. The highest BCUT2D eigenvalue weighted by atomic mass is 16.3. The summed E-state index contributed by atoms with van der Waals surface area (Å²) >= 11 is 0. The van der Waals surface area contributed by atoms with Crippen LogP contribution in [-0.2, 0) is 0 Å². The van der Waals surface area contributed by atoms with Crippen LogP contribution in [0.2, 0.25) is 0 Å². The summed E-state index contributed by atoms with van der Waals surface area (Å²) in [6.45, 7) is 2.42. The number of nitrogens with zero attached hydrogens (tertiary/aromatic N) is 2. The number of aliphatic hydroxyl groups is 1. The van der Waals surface area contributed by atoms with Crippen molar-refractivity contribution in [3.63, 3.8) is 0 Å². The number of amides is 2. The van der Waals surface area contributed by atoms with Gasteiger partial charge < -0.3 is 10.0 Å². The van der Waals surface area contributed by atoms with Crippen LogP contribution in [0, 0.1) is 0 Å². The first-order chi connectivity index (χ1) is 9.27. The predicted molar refractivity (Wildman–Crippen MR) is 74.2 cm³/mol. The fourth-order valence-corrected chi connectivity index (χ4v) is 3.01. The first-order valence-electron chi connectivity index (χ1n) is 7.11. The van der Waals surface area contributed by atoms with E-state index in [2.05, 4.69) is 0 Å². The Labute approximate surface area is 113 Å². The minimum Gasteiger partial charge on any atom is -0.388 e. The van der Waals surface area contributed by atoms with E-state index in [4.69, 9.17) is 0 Å². The second-order valence-corrected chi connectivity index (χ2v) is 5.35. The maximum atomic E-state index is 12.6. The number of urea groups is 1. The molecule has 1 fully saturated rings. The van der Waals surface area contributed by atoms with Crippen molar-refractivity contribution in [3.8, 4) is 0 Å². The summed E-state index contributed by atoms with van der Waals surface area (Å²) in [4.78, 5) is 16.4. The van der Waals surface area contributed by atoms with Gasteiger partial charge in [0, 0.05) is 25.2 Å². The fraction of sp³-hybridized carbons (Fsp3) is 0.533. The maximum Gasteiger partial charge on any atom is 0.324 e. The molecular weight excluding hydrogens is 240 g/mol. The number of anilines is 1. The van der Waals surface area contributed by atoms with E-state index in [-0.39, 0.29) is 6.03 Å². The molecule has 19 heavy (non-hydrogen) atoms. The summed E-state index contributed by atoms with van der Waals surface area (Å²) in [6.07, 6.45) is 3.32. The first kappa shape index (κ1) is 12.5. The molecule has 0 aromatic heterocycles. The second kappa shape index (κ2) is 5.21. The molecule has 0 aliphatic carbocycles. The van der Waals surface area contributed by atoms with Gasteiger partial charge in [0.15, 0.2) is 0 Å². The lowest BCUT2D eigenvalue weighted by Crippen LogP contribution is -2.42. The lowest BCUT2D eigenvalue weighted by molar-refractivity contribution is 0.168. The molecule has 1 saturated heterocycles. The first-order valence-corrected chi connectivity index (χ1v) is 7.11. The standard InChI is InChI=1S/C15H20N2O2/c18-14-8-5-11-17(13-7-2-1-6-12(13)14)15(19)16-9-3-4-10-16/h1-2,6-7,14,18H,3-5,8-11H2. The lowest BCUT2D eigenvalue weighted by atomic mass is 10.0. The molecular formula is C15H20N2O2. The number of hydrogen-bond acceptors (Lipinski definition) is 2. The Balaban J connectivity index is 1.92. The van der Waals surface area contributed by atoms with Crippen molar-refractivity contribution in [2.24, 2.45) is 0 Å². The Hall–Kier alpha value is -1.55. The highest BCUT2D eigenvalue weighted by Gasteiger charge is 2.29. The summed E-state index contributed by atoms with van der Waals surface area (Å²) in [5, 5.41) is 10.2. The zero-order valence-corrected chi connectivity index (χ0v) is 11.1. The molecule has 0 saturated carbocycles. The van der Waals surface area contributed by atoms with Gasteiger partial charge in [-0.2, -0.15) is 0 Å². The molecule has 2 aliphatic rings. The van der Waals surface area contributed by atoms with Crippen LogP contribution in [0.1, 0.15) is 37.4 Å². The van der Waals surface area contributed by atoms with Gasteiger partial charge in [-0.15, -0.1) is 0 Å². The van der Waals surface area contributed by atoms with Crippen LogP contribution in [0.3, 0.4) is 0 Å². The number of rotatable bonds is 0. The van der Waals surface area contributed by atoms with Crippen LogP contribution < -0.4 is 4.90 Å². The third kappa shape index (κ3) is 2.32. The molecule has 0 bridgehead atoms. The normalized spacial score (nSPS) is 23.1. The largest absolute Gasteiger partial charge is 0.388 e. The fourth-order valence-electron chi connectivity index (χ4n) is 3.01. The molecule has 0 radical (unpaired) electrons. The van der Waals surface area contributed by atoms with Gasteiger partial charge in [-0.3, -0.25) is 4.90 Å². The number of carbonyl (C=O) groups is 1. The van der Waals surface area contributed by atoms with E-state index in [1.165, 1.54) is 0 Å². The minimum absolute atomic E-state index is 0.0963. The summed E-state index contributed by atoms with van der Waals surface area (Å²) in [7, 11) is 0.